The van der Waals surface area contributed by atoms with Crippen LogP contribution in [-0.2, 0) is 11.4 Å². The molecule has 0 aromatic carbocycles. The zero-order valence-corrected chi connectivity index (χ0v) is 17.1. The Bertz CT molecular complexity index is 910. The molecule has 0 spiro atoms. The van der Waals surface area contributed by atoms with Gasteiger partial charge in [0.15, 0.2) is 0 Å². The molecule has 2 aromatic heterocycles. The highest BCUT2D eigenvalue weighted by Crippen LogP contribution is 2.35. The lowest BCUT2D eigenvalue weighted by atomic mass is 9.78. The van der Waals surface area contributed by atoms with Crippen LogP contribution in [0.1, 0.15) is 59.7 Å². The van der Waals surface area contributed by atoms with Gasteiger partial charge in [0.1, 0.15) is 23.3 Å². The SMILES string of the molecule is Cc1nc(C(=O)NCc2ccncc2)cc(C2=NO[C@H](C3CCC(CO)CC3)C2)n1. The van der Waals surface area contributed by atoms with E-state index in [9.17, 15) is 9.90 Å². The molecule has 8 heteroatoms. The second-order valence-corrected chi connectivity index (χ2v) is 8.07. The number of pyridine rings is 1. The van der Waals surface area contributed by atoms with Crippen molar-refractivity contribution in [2.45, 2.75) is 51.7 Å². The molecule has 1 saturated carbocycles. The molecule has 0 saturated heterocycles. The number of hydrogen-bond donors (Lipinski definition) is 2. The van der Waals surface area contributed by atoms with Crippen molar-refractivity contribution in [2.75, 3.05) is 6.61 Å². The summed E-state index contributed by atoms with van der Waals surface area (Å²) in [6.45, 7) is 2.45. The van der Waals surface area contributed by atoms with E-state index in [1.54, 1.807) is 25.4 Å². The predicted molar refractivity (Wildman–Crippen MR) is 111 cm³/mol. The number of aromatic nitrogens is 3. The summed E-state index contributed by atoms with van der Waals surface area (Å²) in [5, 5.41) is 16.5. The third kappa shape index (κ3) is 4.81. The molecule has 2 aromatic rings. The highest BCUT2D eigenvalue weighted by atomic mass is 16.6. The minimum atomic E-state index is -0.253. The molecule has 1 atom stereocenters. The van der Waals surface area contributed by atoms with Crippen molar-refractivity contribution in [3.05, 3.63) is 53.4 Å². The molecule has 2 aliphatic rings. The first-order chi connectivity index (χ1) is 14.6. The van der Waals surface area contributed by atoms with Gasteiger partial charge in [0, 0.05) is 32.0 Å². The van der Waals surface area contributed by atoms with Gasteiger partial charge in [0.2, 0.25) is 0 Å². The van der Waals surface area contributed by atoms with Gasteiger partial charge < -0.3 is 15.3 Å². The molecular formula is C22H27N5O3. The van der Waals surface area contributed by atoms with Gasteiger partial charge in [-0.2, -0.15) is 0 Å². The van der Waals surface area contributed by atoms with Crippen molar-refractivity contribution < 1.29 is 14.7 Å². The van der Waals surface area contributed by atoms with Crippen molar-refractivity contribution in [3.63, 3.8) is 0 Å². The number of carbonyl (C=O) groups is 1. The number of aliphatic hydroxyl groups excluding tert-OH is 1. The summed E-state index contributed by atoms with van der Waals surface area (Å²) in [7, 11) is 0. The van der Waals surface area contributed by atoms with Gasteiger partial charge in [-0.1, -0.05) is 5.16 Å². The van der Waals surface area contributed by atoms with Crippen LogP contribution >= 0.6 is 0 Å². The predicted octanol–water partition coefficient (Wildman–Crippen LogP) is 2.40. The number of nitrogens with one attached hydrogen (secondary N) is 1. The van der Waals surface area contributed by atoms with E-state index >= 15 is 0 Å². The zero-order valence-electron chi connectivity index (χ0n) is 17.1. The van der Waals surface area contributed by atoms with Gasteiger partial charge >= 0.3 is 0 Å². The lowest BCUT2D eigenvalue weighted by molar-refractivity contribution is 0.0163. The van der Waals surface area contributed by atoms with E-state index in [4.69, 9.17) is 4.84 Å². The molecule has 8 nitrogen and oxygen atoms in total. The normalized spacial score (nSPS) is 23.5. The van der Waals surface area contributed by atoms with Crippen LogP contribution in [0.4, 0.5) is 0 Å². The Labute approximate surface area is 175 Å². The molecule has 0 unspecified atom stereocenters. The second kappa shape index (κ2) is 9.30. The van der Waals surface area contributed by atoms with E-state index in [1.807, 2.05) is 12.1 Å². The molecular weight excluding hydrogens is 382 g/mol. The summed E-state index contributed by atoms with van der Waals surface area (Å²) >= 11 is 0. The molecule has 4 rings (SSSR count). The quantitative estimate of drug-likeness (QED) is 0.758. The summed E-state index contributed by atoms with van der Waals surface area (Å²) < 4.78 is 0. The third-order valence-corrected chi connectivity index (χ3v) is 5.94. The Morgan fingerprint density at radius 2 is 1.97 bits per heavy atom. The number of aliphatic hydroxyl groups is 1. The molecule has 0 radical (unpaired) electrons. The lowest BCUT2D eigenvalue weighted by Gasteiger charge is -2.29. The molecule has 30 heavy (non-hydrogen) atoms. The Morgan fingerprint density at radius 1 is 1.20 bits per heavy atom. The fraction of sp³-hybridized carbons (Fsp3) is 0.500. The van der Waals surface area contributed by atoms with Crippen LogP contribution in [0.25, 0.3) is 0 Å². The van der Waals surface area contributed by atoms with Gasteiger partial charge in [0.05, 0.1) is 5.69 Å². The molecule has 3 heterocycles. The number of oxime groups is 1. The van der Waals surface area contributed by atoms with Gasteiger partial charge in [0.25, 0.3) is 5.91 Å². The molecule has 1 aliphatic carbocycles. The summed E-state index contributed by atoms with van der Waals surface area (Å²) in [5.74, 6) is 1.13. The van der Waals surface area contributed by atoms with Crippen LogP contribution in [-0.4, -0.2) is 44.4 Å². The van der Waals surface area contributed by atoms with Crippen molar-refractivity contribution in [2.24, 2.45) is 17.0 Å². The molecule has 1 fully saturated rings. The van der Waals surface area contributed by atoms with Crippen LogP contribution < -0.4 is 5.32 Å². The Morgan fingerprint density at radius 3 is 2.70 bits per heavy atom. The van der Waals surface area contributed by atoms with Crippen LogP contribution in [0, 0.1) is 18.8 Å². The molecule has 158 valence electrons. The molecule has 2 N–H and O–H groups in total. The lowest BCUT2D eigenvalue weighted by Crippen LogP contribution is -2.27. The second-order valence-electron chi connectivity index (χ2n) is 8.07. The van der Waals surface area contributed by atoms with Crippen molar-refractivity contribution in [1.82, 2.24) is 20.3 Å². The maximum Gasteiger partial charge on any atom is 0.270 e. The first kappa shape index (κ1) is 20.4. The minimum absolute atomic E-state index is 0.0406. The van der Waals surface area contributed by atoms with E-state index in [0.29, 0.717) is 42.0 Å². The smallest absolute Gasteiger partial charge is 0.270 e. The summed E-state index contributed by atoms with van der Waals surface area (Å²) in [6, 6.07) is 5.40. The maximum absolute atomic E-state index is 12.6. The Kier molecular flexibility index (Phi) is 6.32. The molecule has 0 bridgehead atoms. The first-order valence-corrected chi connectivity index (χ1v) is 10.5. The van der Waals surface area contributed by atoms with Crippen molar-refractivity contribution >= 4 is 11.6 Å². The Balaban J connectivity index is 1.39. The van der Waals surface area contributed by atoms with E-state index < -0.39 is 0 Å². The highest BCUT2D eigenvalue weighted by molar-refractivity contribution is 6.01. The summed E-state index contributed by atoms with van der Waals surface area (Å²) in [6.07, 6.45) is 8.27. The van der Waals surface area contributed by atoms with Gasteiger partial charge in [-0.15, -0.1) is 0 Å². The van der Waals surface area contributed by atoms with Crippen LogP contribution in [0.5, 0.6) is 0 Å². The van der Waals surface area contributed by atoms with Gasteiger partial charge in [-0.25, -0.2) is 9.97 Å². The van der Waals surface area contributed by atoms with Gasteiger partial charge in [-0.05, 0) is 68.2 Å². The van der Waals surface area contributed by atoms with Crippen molar-refractivity contribution in [3.8, 4) is 0 Å². The van der Waals surface area contributed by atoms with E-state index in [1.165, 1.54) is 0 Å². The number of rotatable bonds is 6. The number of amides is 1. The topological polar surface area (TPSA) is 110 Å². The maximum atomic E-state index is 12.6. The van der Waals surface area contributed by atoms with Gasteiger partial charge in [-0.3, -0.25) is 9.78 Å². The van der Waals surface area contributed by atoms with Crippen molar-refractivity contribution in [1.29, 1.82) is 0 Å². The standard InChI is InChI=1S/C22H27N5O3/c1-14-25-18(10-20(26-14)22(29)24-12-15-6-8-23-9-7-15)19-11-21(30-27-19)17-4-2-16(13-28)3-5-17/h6-10,16-17,21,28H,2-5,11-13H2,1H3,(H,24,29)/t16?,17?,21-/m0/s1. The summed E-state index contributed by atoms with van der Waals surface area (Å²) in [5.41, 5.74) is 2.69. The fourth-order valence-electron chi connectivity index (χ4n) is 4.15. The molecule has 1 aliphatic heterocycles. The zero-order chi connectivity index (χ0) is 20.9. The largest absolute Gasteiger partial charge is 0.396 e. The number of carbonyl (C=O) groups excluding carboxylic acids is 1. The van der Waals surface area contributed by atoms with Crippen LogP contribution in [0.15, 0.2) is 35.7 Å². The number of hydrogen-bond acceptors (Lipinski definition) is 7. The van der Waals surface area contributed by atoms with Crippen LogP contribution in [0.3, 0.4) is 0 Å². The average molecular weight is 409 g/mol. The minimum Gasteiger partial charge on any atom is -0.396 e. The van der Waals surface area contributed by atoms with E-state index in [2.05, 4.69) is 25.4 Å². The first-order valence-electron chi connectivity index (χ1n) is 10.5. The molecule has 1 amide bonds. The number of nitrogens with zero attached hydrogens (tertiary/aromatic N) is 4. The van der Waals surface area contributed by atoms with E-state index in [0.717, 1.165) is 37.0 Å². The average Bonchev–Trinajstić information content (AvgIpc) is 3.28. The van der Waals surface area contributed by atoms with E-state index in [-0.39, 0.29) is 18.6 Å². The summed E-state index contributed by atoms with van der Waals surface area (Å²) in [4.78, 5) is 31.1. The highest BCUT2D eigenvalue weighted by Gasteiger charge is 2.34. The Hall–Kier alpha value is -2.87. The van der Waals surface area contributed by atoms with Crippen LogP contribution in [0.2, 0.25) is 0 Å². The fourth-order valence-corrected chi connectivity index (χ4v) is 4.15. The third-order valence-electron chi connectivity index (χ3n) is 5.94. The monoisotopic (exact) mass is 409 g/mol. The number of aryl methyl sites for hydroxylation is 1.